The summed E-state index contributed by atoms with van der Waals surface area (Å²) in [7, 11) is 0. The lowest BCUT2D eigenvalue weighted by molar-refractivity contribution is -0.384. The highest BCUT2D eigenvalue weighted by Gasteiger charge is 2.22. The summed E-state index contributed by atoms with van der Waals surface area (Å²) in [5, 5.41) is 13.9. The van der Waals surface area contributed by atoms with Crippen LogP contribution in [0, 0.1) is 16.0 Å². The first-order valence-electron chi connectivity index (χ1n) is 6.22. The third-order valence-electron chi connectivity index (χ3n) is 2.72. The van der Waals surface area contributed by atoms with Crippen LogP contribution in [0.2, 0.25) is 0 Å². The van der Waals surface area contributed by atoms with E-state index in [0.717, 1.165) is 13.0 Å². The van der Waals surface area contributed by atoms with Gasteiger partial charge in [0.2, 0.25) is 5.88 Å². The van der Waals surface area contributed by atoms with Crippen LogP contribution in [0.5, 0.6) is 5.88 Å². The molecule has 0 unspecified atom stereocenters. The van der Waals surface area contributed by atoms with Gasteiger partial charge in [0.1, 0.15) is 5.82 Å². The van der Waals surface area contributed by atoms with Gasteiger partial charge >= 0.3 is 0 Å². The Bertz CT molecular complexity index is 433. The third kappa shape index (κ3) is 3.58. The molecule has 98 valence electrons. The van der Waals surface area contributed by atoms with Gasteiger partial charge in [0.15, 0.2) is 0 Å². The second-order valence-electron chi connectivity index (χ2n) is 4.49. The Balaban J connectivity index is 2.09. The molecule has 0 aromatic carbocycles. The molecule has 0 amide bonds. The summed E-state index contributed by atoms with van der Waals surface area (Å²) in [6.07, 6.45) is 3.29. The van der Waals surface area contributed by atoms with E-state index in [4.69, 9.17) is 4.74 Å². The van der Waals surface area contributed by atoms with Crippen molar-refractivity contribution in [2.45, 2.75) is 26.2 Å². The number of aromatic nitrogens is 1. The van der Waals surface area contributed by atoms with Gasteiger partial charge in [0.05, 0.1) is 23.7 Å². The van der Waals surface area contributed by atoms with E-state index >= 15 is 0 Å². The zero-order chi connectivity index (χ0) is 13.0. The van der Waals surface area contributed by atoms with E-state index in [9.17, 15) is 10.1 Å². The van der Waals surface area contributed by atoms with Crippen LogP contribution in [0.25, 0.3) is 0 Å². The Morgan fingerprint density at radius 3 is 2.94 bits per heavy atom. The molecule has 1 aliphatic carbocycles. The number of pyridine rings is 1. The number of nitro groups is 1. The van der Waals surface area contributed by atoms with Crippen LogP contribution in [-0.4, -0.2) is 23.1 Å². The van der Waals surface area contributed by atoms with E-state index in [0.29, 0.717) is 24.2 Å². The second kappa shape index (κ2) is 5.66. The molecule has 1 saturated carbocycles. The van der Waals surface area contributed by atoms with Gasteiger partial charge in [-0.2, -0.15) is 4.98 Å². The Labute approximate surface area is 106 Å². The highest BCUT2D eigenvalue weighted by Crippen LogP contribution is 2.30. The first-order chi connectivity index (χ1) is 8.69. The minimum absolute atomic E-state index is 0.00870. The number of ether oxygens (including phenoxy) is 1. The fourth-order valence-electron chi connectivity index (χ4n) is 1.50. The van der Waals surface area contributed by atoms with Crippen LogP contribution in [0.4, 0.5) is 11.5 Å². The zero-order valence-electron chi connectivity index (χ0n) is 10.4. The molecule has 2 rings (SSSR count). The Kier molecular flexibility index (Phi) is 3.96. The third-order valence-corrected chi connectivity index (χ3v) is 2.72. The van der Waals surface area contributed by atoms with Crippen LogP contribution in [-0.2, 0) is 0 Å². The fraction of sp³-hybridized carbons (Fsp3) is 0.583. The lowest BCUT2D eigenvalue weighted by Crippen LogP contribution is -2.06. The first-order valence-corrected chi connectivity index (χ1v) is 6.22. The monoisotopic (exact) mass is 251 g/mol. The van der Waals surface area contributed by atoms with E-state index < -0.39 is 4.92 Å². The maximum atomic E-state index is 10.8. The van der Waals surface area contributed by atoms with E-state index in [1.54, 1.807) is 0 Å². The van der Waals surface area contributed by atoms with Crippen molar-refractivity contribution in [1.82, 2.24) is 4.98 Å². The molecule has 1 aliphatic rings. The first kappa shape index (κ1) is 12.6. The van der Waals surface area contributed by atoms with Crippen LogP contribution >= 0.6 is 0 Å². The Morgan fingerprint density at radius 1 is 1.56 bits per heavy atom. The van der Waals surface area contributed by atoms with E-state index in [1.807, 2.05) is 6.92 Å². The van der Waals surface area contributed by atoms with Crippen LogP contribution in [0.3, 0.4) is 0 Å². The SMILES string of the molecule is CCCNc1cc([N+](=O)[O-])cc(OCC2CC2)n1. The van der Waals surface area contributed by atoms with Gasteiger partial charge in [-0.05, 0) is 25.2 Å². The van der Waals surface area contributed by atoms with E-state index in [-0.39, 0.29) is 5.69 Å². The normalized spacial score (nSPS) is 14.3. The topological polar surface area (TPSA) is 77.3 Å². The van der Waals surface area contributed by atoms with E-state index in [1.165, 1.54) is 25.0 Å². The number of nitrogens with zero attached hydrogens (tertiary/aromatic N) is 2. The zero-order valence-corrected chi connectivity index (χ0v) is 10.4. The van der Waals surface area contributed by atoms with Crippen molar-refractivity contribution < 1.29 is 9.66 Å². The average Bonchev–Trinajstić information content (AvgIpc) is 3.17. The second-order valence-corrected chi connectivity index (χ2v) is 4.49. The molecule has 0 bridgehead atoms. The van der Waals surface area contributed by atoms with E-state index in [2.05, 4.69) is 10.3 Å². The molecule has 1 aromatic rings. The molecule has 0 saturated heterocycles. The average molecular weight is 251 g/mol. The van der Waals surface area contributed by atoms with Crippen molar-refractivity contribution in [3.63, 3.8) is 0 Å². The predicted molar refractivity (Wildman–Crippen MR) is 67.9 cm³/mol. The largest absolute Gasteiger partial charge is 0.477 e. The summed E-state index contributed by atoms with van der Waals surface area (Å²) in [6.45, 7) is 3.35. The van der Waals surface area contributed by atoms with Crippen molar-refractivity contribution in [1.29, 1.82) is 0 Å². The van der Waals surface area contributed by atoms with Crippen LogP contribution < -0.4 is 10.1 Å². The van der Waals surface area contributed by atoms with Crippen molar-refractivity contribution in [2.24, 2.45) is 5.92 Å². The summed E-state index contributed by atoms with van der Waals surface area (Å²) in [6, 6.07) is 2.80. The van der Waals surface area contributed by atoms with Gasteiger partial charge in [0.25, 0.3) is 5.69 Å². The molecule has 1 aromatic heterocycles. The lowest BCUT2D eigenvalue weighted by atomic mass is 10.3. The molecule has 1 heterocycles. The maximum Gasteiger partial charge on any atom is 0.278 e. The molecule has 0 radical (unpaired) electrons. The van der Waals surface area contributed by atoms with Crippen molar-refractivity contribution >= 4 is 11.5 Å². The summed E-state index contributed by atoms with van der Waals surface area (Å²) in [5.41, 5.74) is 0.00870. The number of hydrogen-bond donors (Lipinski definition) is 1. The van der Waals surface area contributed by atoms with Gasteiger partial charge in [-0.1, -0.05) is 6.92 Å². The minimum atomic E-state index is -0.428. The van der Waals surface area contributed by atoms with Gasteiger partial charge in [0, 0.05) is 6.54 Å². The molecule has 6 heteroatoms. The number of hydrogen-bond acceptors (Lipinski definition) is 5. The summed E-state index contributed by atoms with van der Waals surface area (Å²) >= 11 is 0. The van der Waals surface area contributed by atoms with Gasteiger partial charge in [-0.15, -0.1) is 0 Å². The smallest absolute Gasteiger partial charge is 0.278 e. The van der Waals surface area contributed by atoms with Crippen molar-refractivity contribution in [3.8, 4) is 5.88 Å². The van der Waals surface area contributed by atoms with Crippen molar-refractivity contribution in [2.75, 3.05) is 18.5 Å². The molecule has 1 fully saturated rings. The molecule has 6 nitrogen and oxygen atoms in total. The number of rotatable bonds is 7. The van der Waals surface area contributed by atoms with Crippen LogP contribution in [0.1, 0.15) is 26.2 Å². The molecule has 0 atom stereocenters. The van der Waals surface area contributed by atoms with Gasteiger partial charge in [-0.3, -0.25) is 10.1 Å². The number of anilines is 1. The molecule has 18 heavy (non-hydrogen) atoms. The highest BCUT2D eigenvalue weighted by molar-refractivity contribution is 5.48. The quantitative estimate of drug-likeness (QED) is 0.595. The molecule has 0 spiro atoms. The molecular formula is C12H17N3O3. The predicted octanol–water partition coefficient (Wildman–Crippen LogP) is 2.60. The molecule has 1 N–H and O–H groups in total. The molecular weight excluding hydrogens is 234 g/mol. The minimum Gasteiger partial charge on any atom is -0.477 e. The summed E-state index contributed by atoms with van der Waals surface area (Å²) in [5.74, 6) is 1.42. The Hall–Kier alpha value is -1.85. The summed E-state index contributed by atoms with van der Waals surface area (Å²) < 4.78 is 5.49. The maximum absolute atomic E-state index is 10.8. The number of nitrogens with one attached hydrogen (secondary N) is 1. The highest BCUT2D eigenvalue weighted by atomic mass is 16.6. The Morgan fingerprint density at radius 2 is 2.33 bits per heavy atom. The fourth-order valence-corrected chi connectivity index (χ4v) is 1.50. The van der Waals surface area contributed by atoms with Crippen LogP contribution in [0.15, 0.2) is 12.1 Å². The van der Waals surface area contributed by atoms with Gasteiger partial charge < -0.3 is 10.1 Å². The lowest BCUT2D eigenvalue weighted by Gasteiger charge is -2.08. The standard InChI is InChI=1S/C12H17N3O3/c1-2-5-13-11-6-10(15(16)17)7-12(14-11)18-8-9-3-4-9/h6-7,9H,2-5,8H2,1H3,(H,13,14). The van der Waals surface area contributed by atoms with Gasteiger partial charge in [-0.25, -0.2) is 0 Å². The molecule has 0 aliphatic heterocycles. The van der Waals surface area contributed by atoms with Crippen molar-refractivity contribution in [3.05, 3.63) is 22.2 Å². The summed E-state index contributed by atoms with van der Waals surface area (Å²) in [4.78, 5) is 14.6.